The molecule has 3 aromatic carbocycles. The van der Waals surface area contributed by atoms with Crippen LogP contribution in [0.15, 0.2) is 88.7 Å². The first-order chi connectivity index (χ1) is 13.7. The summed E-state index contributed by atoms with van der Waals surface area (Å²) in [6.07, 6.45) is 0.252. The Morgan fingerprint density at radius 2 is 1.32 bits per heavy atom. The Morgan fingerprint density at radius 1 is 0.750 bits per heavy atom. The lowest BCUT2D eigenvalue weighted by molar-refractivity contribution is -0.121. The number of hydrogen-bond acceptors (Lipinski definition) is 4. The lowest BCUT2D eigenvalue weighted by Gasteiger charge is -2.32. The summed E-state index contributed by atoms with van der Waals surface area (Å²) in [5.41, 5.74) is 7.64. The summed E-state index contributed by atoms with van der Waals surface area (Å²) >= 11 is 1.73. The van der Waals surface area contributed by atoms with Gasteiger partial charge in [0.15, 0.2) is 0 Å². The predicted molar refractivity (Wildman–Crippen MR) is 111 cm³/mol. The van der Waals surface area contributed by atoms with Gasteiger partial charge < -0.3 is 4.90 Å². The van der Waals surface area contributed by atoms with Crippen LogP contribution in [0.3, 0.4) is 0 Å². The van der Waals surface area contributed by atoms with E-state index in [0.29, 0.717) is 12.1 Å². The van der Waals surface area contributed by atoms with E-state index in [2.05, 4.69) is 40.0 Å². The van der Waals surface area contributed by atoms with E-state index in [9.17, 15) is 9.59 Å². The average molecular weight is 389 g/mol. The molecule has 3 aromatic rings. The monoisotopic (exact) mass is 389 g/mol. The Bertz CT molecular complexity index is 962. The summed E-state index contributed by atoms with van der Waals surface area (Å²) in [6, 6.07) is 25.1. The molecule has 2 amide bonds. The van der Waals surface area contributed by atoms with E-state index in [1.54, 1.807) is 36.0 Å². The highest BCUT2D eigenvalue weighted by Crippen LogP contribution is 2.47. The second-order valence-electron chi connectivity index (χ2n) is 6.31. The van der Waals surface area contributed by atoms with Crippen molar-refractivity contribution in [1.29, 1.82) is 0 Å². The first-order valence-corrected chi connectivity index (χ1v) is 9.82. The minimum Gasteiger partial charge on any atom is -0.339 e. The van der Waals surface area contributed by atoms with Crippen molar-refractivity contribution in [3.63, 3.8) is 0 Å². The van der Waals surface area contributed by atoms with Gasteiger partial charge in [0.25, 0.3) is 5.91 Å². The van der Waals surface area contributed by atoms with Crippen LogP contribution in [-0.2, 0) is 4.79 Å². The molecule has 0 saturated heterocycles. The Hall–Kier alpha value is -3.25. The summed E-state index contributed by atoms with van der Waals surface area (Å²) in [4.78, 5) is 28.8. The highest BCUT2D eigenvalue weighted by molar-refractivity contribution is 7.99. The normalized spacial score (nSPS) is 11.9. The maximum absolute atomic E-state index is 12.3. The molecule has 5 nitrogen and oxygen atoms in total. The first kappa shape index (κ1) is 18.1. The van der Waals surface area contributed by atoms with Crippen LogP contribution in [0.4, 0.5) is 11.4 Å². The topological polar surface area (TPSA) is 61.4 Å². The third-order valence-electron chi connectivity index (χ3n) is 4.45. The van der Waals surface area contributed by atoms with Crippen LogP contribution < -0.4 is 15.8 Å². The molecule has 0 bridgehead atoms. The summed E-state index contributed by atoms with van der Waals surface area (Å²) in [5.74, 6) is -0.573. The number of hydrazine groups is 1. The maximum atomic E-state index is 12.3. The third-order valence-corrected chi connectivity index (χ3v) is 5.58. The van der Waals surface area contributed by atoms with E-state index >= 15 is 0 Å². The fourth-order valence-corrected chi connectivity index (χ4v) is 4.18. The predicted octanol–water partition coefficient (Wildman–Crippen LogP) is 4.14. The molecule has 0 spiro atoms. The molecule has 0 unspecified atom stereocenters. The van der Waals surface area contributed by atoms with Gasteiger partial charge in [0.2, 0.25) is 5.91 Å². The van der Waals surface area contributed by atoms with Crippen LogP contribution in [0, 0.1) is 0 Å². The Labute approximate surface area is 167 Å². The van der Waals surface area contributed by atoms with E-state index in [1.807, 2.05) is 30.3 Å². The number of rotatable bonds is 4. The average Bonchev–Trinajstić information content (AvgIpc) is 2.75. The number of amides is 2. The van der Waals surface area contributed by atoms with E-state index in [4.69, 9.17) is 0 Å². The molecule has 0 aliphatic carbocycles. The lowest BCUT2D eigenvalue weighted by atomic mass is 10.2. The number of para-hydroxylation sites is 2. The molecule has 6 heteroatoms. The standard InChI is InChI=1S/C22H19N3O2S/c26-21(23-24-22(27)16-8-2-1-3-9-16)14-15-25-17-10-4-6-12-19(17)28-20-13-7-5-11-18(20)25/h1-13H,14-15H2,(H,23,26)(H,24,27). The number of hydrogen-bond donors (Lipinski definition) is 2. The van der Waals surface area contributed by atoms with Crippen molar-refractivity contribution in [3.8, 4) is 0 Å². The molecule has 0 aromatic heterocycles. The number of nitrogens with zero attached hydrogens (tertiary/aromatic N) is 1. The fraction of sp³-hybridized carbons (Fsp3) is 0.0909. The van der Waals surface area contributed by atoms with Gasteiger partial charge in [-0.1, -0.05) is 54.2 Å². The van der Waals surface area contributed by atoms with Crippen molar-refractivity contribution in [2.75, 3.05) is 11.4 Å². The van der Waals surface area contributed by atoms with Crippen LogP contribution in [0.2, 0.25) is 0 Å². The van der Waals surface area contributed by atoms with Crippen LogP contribution in [0.25, 0.3) is 0 Å². The van der Waals surface area contributed by atoms with Gasteiger partial charge in [-0.2, -0.15) is 0 Å². The summed E-state index contributed by atoms with van der Waals surface area (Å²) < 4.78 is 0. The first-order valence-electron chi connectivity index (χ1n) is 9.00. The van der Waals surface area contributed by atoms with Crippen molar-refractivity contribution >= 4 is 35.0 Å². The van der Waals surface area contributed by atoms with Crippen molar-refractivity contribution in [2.24, 2.45) is 0 Å². The highest BCUT2D eigenvalue weighted by atomic mass is 32.2. The maximum Gasteiger partial charge on any atom is 0.269 e. The minimum absolute atomic E-state index is 0.238. The molecule has 0 atom stereocenters. The number of fused-ring (bicyclic) bond motifs is 2. The Balaban J connectivity index is 1.41. The molecule has 0 saturated carbocycles. The third kappa shape index (κ3) is 3.87. The van der Waals surface area contributed by atoms with E-state index in [0.717, 1.165) is 11.4 Å². The number of carbonyl (C=O) groups is 2. The van der Waals surface area contributed by atoms with Crippen LogP contribution in [0.5, 0.6) is 0 Å². The van der Waals surface area contributed by atoms with Gasteiger partial charge in [-0.3, -0.25) is 20.4 Å². The van der Waals surface area contributed by atoms with Gasteiger partial charge in [0.05, 0.1) is 11.4 Å². The van der Waals surface area contributed by atoms with Crippen molar-refractivity contribution < 1.29 is 9.59 Å². The van der Waals surface area contributed by atoms with Crippen LogP contribution >= 0.6 is 11.8 Å². The van der Waals surface area contributed by atoms with Gasteiger partial charge in [-0.15, -0.1) is 0 Å². The molecule has 2 N–H and O–H groups in total. The Kier molecular flexibility index (Phi) is 5.30. The fourth-order valence-electron chi connectivity index (χ4n) is 3.09. The van der Waals surface area contributed by atoms with Crippen molar-refractivity contribution in [3.05, 3.63) is 84.4 Å². The zero-order valence-corrected chi connectivity index (χ0v) is 15.9. The zero-order valence-electron chi connectivity index (χ0n) is 15.1. The molecule has 1 aliphatic rings. The highest BCUT2D eigenvalue weighted by Gasteiger charge is 2.23. The molecule has 0 fully saturated rings. The van der Waals surface area contributed by atoms with Gasteiger partial charge in [-0.05, 0) is 36.4 Å². The molecular formula is C22H19N3O2S. The molecule has 140 valence electrons. The summed E-state index contributed by atoms with van der Waals surface area (Å²) in [6.45, 7) is 0.516. The summed E-state index contributed by atoms with van der Waals surface area (Å²) in [5, 5.41) is 0. The molecule has 1 heterocycles. The second-order valence-corrected chi connectivity index (χ2v) is 7.39. The minimum atomic E-state index is -0.334. The SMILES string of the molecule is O=C(CCN1c2ccccc2Sc2ccccc21)NNC(=O)c1ccccc1. The molecule has 28 heavy (non-hydrogen) atoms. The van der Waals surface area contributed by atoms with Crippen LogP contribution in [0.1, 0.15) is 16.8 Å². The van der Waals surface area contributed by atoms with Crippen LogP contribution in [-0.4, -0.2) is 18.4 Å². The quantitative estimate of drug-likeness (QED) is 0.659. The second kappa shape index (κ2) is 8.19. The Morgan fingerprint density at radius 3 is 1.96 bits per heavy atom. The van der Waals surface area contributed by atoms with E-state index in [1.165, 1.54) is 9.79 Å². The number of carbonyl (C=O) groups excluding carboxylic acids is 2. The van der Waals surface area contributed by atoms with Crippen molar-refractivity contribution in [2.45, 2.75) is 16.2 Å². The molecule has 4 rings (SSSR count). The van der Waals surface area contributed by atoms with Gasteiger partial charge in [0, 0.05) is 28.3 Å². The largest absolute Gasteiger partial charge is 0.339 e. The number of benzene rings is 3. The van der Waals surface area contributed by atoms with E-state index < -0.39 is 0 Å². The van der Waals surface area contributed by atoms with Crippen molar-refractivity contribution in [1.82, 2.24) is 10.9 Å². The lowest BCUT2D eigenvalue weighted by Crippen LogP contribution is -2.42. The molecular weight excluding hydrogens is 370 g/mol. The smallest absolute Gasteiger partial charge is 0.269 e. The van der Waals surface area contributed by atoms with Gasteiger partial charge in [0.1, 0.15) is 0 Å². The number of anilines is 2. The molecule has 0 radical (unpaired) electrons. The molecule has 1 aliphatic heterocycles. The summed E-state index contributed by atoms with van der Waals surface area (Å²) in [7, 11) is 0. The zero-order chi connectivity index (χ0) is 19.3. The number of nitrogens with one attached hydrogen (secondary N) is 2. The van der Waals surface area contributed by atoms with Gasteiger partial charge in [-0.25, -0.2) is 0 Å². The van der Waals surface area contributed by atoms with Gasteiger partial charge >= 0.3 is 0 Å². The van der Waals surface area contributed by atoms with E-state index in [-0.39, 0.29) is 18.2 Å².